The molecule has 0 N–H and O–H groups in total. The van der Waals surface area contributed by atoms with Crippen molar-refractivity contribution in [1.82, 2.24) is 19.4 Å². The third kappa shape index (κ3) is 3.64. The zero-order valence-corrected chi connectivity index (χ0v) is 15.9. The van der Waals surface area contributed by atoms with Gasteiger partial charge in [0, 0.05) is 32.2 Å². The minimum Gasteiger partial charge on any atom is -0.326 e. The summed E-state index contributed by atoms with van der Waals surface area (Å²) >= 11 is 0. The first-order chi connectivity index (χ1) is 13.3. The molecule has 2 aromatic carbocycles. The van der Waals surface area contributed by atoms with Gasteiger partial charge in [0.25, 0.3) is 0 Å². The molecule has 0 saturated carbocycles. The predicted octanol–water partition coefficient (Wildman–Crippen LogP) is 3.75. The van der Waals surface area contributed by atoms with Gasteiger partial charge in [0.2, 0.25) is 0 Å². The van der Waals surface area contributed by atoms with Gasteiger partial charge in [-0.05, 0) is 55.6 Å². The predicted molar refractivity (Wildman–Crippen MR) is 110 cm³/mol. The Morgan fingerprint density at radius 2 is 1.59 bits per heavy atom. The molecule has 0 radical (unpaired) electrons. The van der Waals surface area contributed by atoms with Crippen LogP contribution in [0.2, 0.25) is 0 Å². The summed E-state index contributed by atoms with van der Waals surface area (Å²) in [4.78, 5) is 9.83. The zero-order valence-electron chi connectivity index (χ0n) is 15.9. The fourth-order valence-electron chi connectivity index (χ4n) is 4.70. The van der Waals surface area contributed by atoms with Crippen molar-refractivity contribution in [3.63, 3.8) is 0 Å². The average molecular weight is 361 g/mol. The monoisotopic (exact) mass is 360 g/mol. The number of benzene rings is 2. The van der Waals surface area contributed by atoms with Gasteiger partial charge in [0.15, 0.2) is 0 Å². The number of fused-ring (bicyclic) bond motifs is 1. The summed E-state index contributed by atoms with van der Waals surface area (Å²) in [6.07, 6.45) is 6.07. The summed E-state index contributed by atoms with van der Waals surface area (Å²) in [5.74, 6) is 0. The van der Waals surface area contributed by atoms with Crippen LogP contribution in [-0.4, -0.2) is 51.6 Å². The number of imidazole rings is 1. The van der Waals surface area contributed by atoms with E-state index in [1.54, 1.807) is 0 Å². The average Bonchev–Trinajstić information content (AvgIpc) is 3.44. The van der Waals surface area contributed by atoms with E-state index in [9.17, 15) is 0 Å². The molecule has 140 valence electrons. The maximum Gasteiger partial charge on any atom is 0.0961 e. The van der Waals surface area contributed by atoms with Crippen LogP contribution in [0.1, 0.15) is 30.4 Å². The van der Waals surface area contributed by atoms with Gasteiger partial charge in [-0.3, -0.25) is 9.80 Å². The maximum atomic E-state index is 4.49. The molecule has 2 saturated heterocycles. The molecule has 5 rings (SSSR count). The summed E-state index contributed by atoms with van der Waals surface area (Å²) in [7, 11) is 0. The Labute approximate surface area is 161 Å². The number of para-hydroxylation sites is 2. The summed E-state index contributed by atoms with van der Waals surface area (Å²) in [6, 6.07) is 18.3. The fourth-order valence-corrected chi connectivity index (χ4v) is 4.70. The molecule has 4 heteroatoms. The van der Waals surface area contributed by atoms with Crippen molar-refractivity contribution >= 4 is 11.0 Å². The smallest absolute Gasteiger partial charge is 0.0961 e. The highest BCUT2D eigenvalue weighted by molar-refractivity contribution is 5.75. The van der Waals surface area contributed by atoms with E-state index < -0.39 is 0 Å². The van der Waals surface area contributed by atoms with Crippen LogP contribution in [0.4, 0.5) is 0 Å². The lowest BCUT2D eigenvalue weighted by atomic mass is 10.1. The maximum absolute atomic E-state index is 4.49. The number of nitrogens with zero attached hydrogens (tertiary/aromatic N) is 4. The fraction of sp³-hybridized carbons (Fsp3) is 0.435. The summed E-state index contributed by atoms with van der Waals surface area (Å²) < 4.78 is 2.23. The largest absolute Gasteiger partial charge is 0.326 e. The standard InChI is InChI=1S/C23H28N4/c1-2-6-23-22(5-1)24-18-27(23)16-20-9-7-19(8-10-20)15-25-14-11-21(17-25)26-12-3-4-13-26/h1-2,5-10,18,21H,3-4,11-17H2. The minimum atomic E-state index is 0.793. The molecule has 0 bridgehead atoms. The van der Waals surface area contributed by atoms with E-state index >= 15 is 0 Å². The van der Waals surface area contributed by atoms with Crippen LogP contribution in [0.25, 0.3) is 11.0 Å². The SMILES string of the molecule is c1ccc2c(c1)ncn2Cc1ccc(CN2CCC(N3CCCC3)C2)cc1. The lowest BCUT2D eigenvalue weighted by Crippen LogP contribution is -2.35. The topological polar surface area (TPSA) is 24.3 Å². The first-order valence-electron chi connectivity index (χ1n) is 10.3. The molecule has 2 aliphatic heterocycles. The van der Waals surface area contributed by atoms with Crippen molar-refractivity contribution in [2.45, 2.75) is 38.4 Å². The van der Waals surface area contributed by atoms with E-state index in [1.165, 1.54) is 62.1 Å². The van der Waals surface area contributed by atoms with Crippen molar-refractivity contribution in [2.24, 2.45) is 0 Å². The number of likely N-dealkylation sites (tertiary alicyclic amines) is 2. The summed E-state index contributed by atoms with van der Waals surface area (Å²) in [5.41, 5.74) is 5.02. The van der Waals surface area contributed by atoms with E-state index in [-0.39, 0.29) is 0 Å². The molecule has 3 aromatic rings. The van der Waals surface area contributed by atoms with E-state index in [1.807, 2.05) is 12.4 Å². The molecule has 0 aliphatic carbocycles. The van der Waals surface area contributed by atoms with Crippen LogP contribution >= 0.6 is 0 Å². The Kier molecular flexibility index (Phi) is 4.68. The zero-order chi connectivity index (χ0) is 18.1. The Balaban J connectivity index is 1.20. The van der Waals surface area contributed by atoms with Crippen molar-refractivity contribution < 1.29 is 0 Å². The first-order valence-corrected chi connectivity index (χ1v) is 10.3. The molecular weight excluding hydrogens is 332 g/mol. The highest BCUT2D eigenvalue weighted by Gasteiger charge is 2.28. The number of rotatable bonds is 5. The molecule has 27 heavy (non-hydrogen) atoms. The second kappa shape index (κ2) is 7.45. The molecule has 1 atom stereocenters. The molecule has 1 aromatic heterocycles. The van der Waals surface area contributed by atoms with Crippen LogP contribution in [-0.2, 0) is 13.1 Å². The van der Waals surface area contributed by atoms with E-state index in [2.05, 4.69) is 61.8 Å². The number of hydrogen-bond donors (Lipinski definition) is 0. The van der Waals surface area contributed by atoms with Crippen LogP contribution in [0.3, 0.4) is 0 Å². The van der Waals surface area contributed by atoms with Gasteiger partial charge in [-0.1, -0.05) is 36.4 Å². The molecule has 3 heterocycles. The summed E-state index contributed by atoms with van der Waals surface area (Å²) in [5, 5.41) is 0. The van der Waals surface area contributed by atoms with Crippen LogP contribution in [0.5, 0.6) is 0 Å². The molecule has 1 unspecified atom stereocenters. The van der Waals surface area contributed by atoms with Crippen molar-refractivity contribution in [2.75, 3.05) is 26.2 Å². The highest BCUT2D eigenvalue weighted by Crippen LogP contribution is 2.22. The van der Waals surface area contributed by atoms with Gasteiger partial charge in [0.05, 0.1) is 17.4 Å². The molecular formula is C23H28N4. The normalized spacial score (nSPS) is 21.4. The van der Waals surface area contributed by atoms with Gasteiger partial charge < -0.3 is 4.57 Å². The first kappa shape index (κ1) is 17.0. The quantitative estimate of drug-likeness (QED) is 0.692. The summed E-state index contributed by atoms with van der Waals surface area (Å²) in [6.45, 7) is 7.07. The number of aromatic nitrogens is 2. The Bertz CT molecular complexity index is 892. The third-order valence-electron chi connectivity index (χ3n) is 6.21. The van der Waals surface area contributed by atoms with Gasteiger partial charge in [0.1, 0.15) is 0 Å². The molecule has 2 fully saturated rings. The van der Waals surface area contributed by atoms with Crippen LogP contribution < -0.4 is 0 Å². The Morgan fingerprint density at radius 3 is 2.41 bits per heavy atom. The van der Waals surface area contributed by atoms with Gasteiger partial charge in [-0.25, -0.2) is 4.98 Å². The van der Waals surface area contributed by atoms with Gasteiger partial charge in [-0.2, -0.15) is 0 Å². The lowest BCUT2D eigenvalue weighted by Gasteiger charge is -2.23. The van der Waals surface area contributed by atoms with Gasteiger partial charge in [-0.15, -0.1) is 0 Å². The molecule has 0 spiro atoms. The van der Waals surface area contributed by atoms with E-state index in [0.717, 1.165) is 24.6 Å². The van der Waals surface area contributed by atoms with Crippen molar-refractivity contribution in [3.8, 4) is 0 Å². The highest BCUT2D eigenvalue weighted by atomic mass is 15.3. The van der Waals surface area contributed by atoms with Crippen LogP contribution in [0, 0.1) is 0 Å². The van der Waals surface area contributed by atoms with E-state index in [4.69, 9.17) is 0 Å². The van der Waals surface area contributed by atoms with Crippen molar-refractivity contribution in [1.29, 1.82) is 0 Å². The Morgan fingerprint density at radius 1 is 0.852 bits per heavy atom. The second-order valence-corrected chi connectivity index (χ2v) is 8.10. The third-order valence-corrected chi connectivity index (χ3v) is 6.21. The van der Waals surface area contributed by atoms with Crippen molar-refractivity contribution in [3.05, 3.63) is 66.0 Å². The molecule has 4 nitrogen and oxygen atoms in total. The second-order valence-electron chi connectivity index (χ2n) is 8.10. The van der Waals surface area contributed by atoms with E-state index in [0.29, 0.717) is 0 Å². The molecule has 2 aliphatic rings. The lowest BCUT2D eigenvalue weighted by molar-refractivity contribution is 0.230. The minimum absolute atomic E-state index is 0.793. The van der Waals surface area contributed by atoms with Crippen LogP contribution in [0.15, 0.2) is 54.9 Å². The van der Waals surface area contributed by atoms with Gasteiger partial charge >= 0.3 is 0 Å². The Hall–Kier alpha value is -2.17. The number of hydrogen-bond acceptors (Lipinski definition) is 3. The molecule has 0 amide bonds.